The molecule has 1 heterocycles. The molecular formula is C14H13BrClFN2O. The van der Waals surface area contributed by atoms with Crippen molar-refractivity contribution in [2.75, 3.05) is 6.54 Å². The smallest absolute Gasteiger partial charge is 0.238 e. The third kappa shape index (κ3) is 3.91. The SMILES string of the molecule is CCNCc1cnc(Oc2cc(Br)ccc2F)c(Cl)c1. The zero-order valence-electron chi connectivity index (χ0n) is 10.8. The minimum absolute atomic E-state index is 0.0770. The molecule has 6 heteroatoms. The van der Waals surface area contributed by atoms with Gasteiger partial charge in [-0.2, -0.15) is 0 Å². The van der Waals surface area contributed by atoms with Crippen molar-refractivity contribution in [3.63, 3.8) is 0 Å². The Labute approximate surface area is 130 Å². The van der Waals surface area contributed by atoms with E-state index in [1.165, 1.54) is 12.1 Å². The van der Waals surface area contributed by atoms with Crippen molar-refractivity contribution in [1.82, 2.24) is 10.3 Å². The first-order valence-electron chi connectivity index (χ1n) is 6.08. The summed E-state index contributed by atoms with van der Waals surface area (Å²) in [6.45, 7) is 3.55. The summed E-state index contributed by atoms with van der Waals surface area (Å²) >= 11 is 9.36. The molecule has 0 fully saturated rings. The van der Waals surface area contributed by atoms with Gasteiger partial charge in [-0.3, -0.25) is 0 Å². The van der Waals surface area contributed by atoms with Gasteiger partial charge < -0.3 is 10.1 Å². The second-order valence-electron chi connectivity index (χ2n) is 4.09. The molecule has 20 heavy (non-hydrogen) atoms. The van der Waals surface area contributed by atoms with Gasteiger partial charge in [-0.1, -0.05) is 34.5 Å². The van der Waals surface area contributed by atoms with Gasteiger partial charge in [0.1, 0.15) is 5.02 Å². The van der Waals surface area contributed by atoms with Crippen molar-refractivity contribution >= 4 is 27.5 Å². The van der Waals surface area contributed by atoms with Crippen LogP contribution in [0, 0.1) is 5.82 Å². The first-order valence-corrected chi connectivity index (χ1v) is 7.25. The summed E-state index contributed by atoms with van der Waals surface area (Å²) < 4.78 is 19.7. The molecule has 0 aliphatic rings. The molecule has 0 saturated carbocycles. The van der Waals surface area contributed by atoms with Crippen molar-refractivity contribution in [1.29, 1.82) is 0 Å². The third-order valence-corrected chi connectivity index (χ3v) is 3.31. The second kappa shape index (κ2) is 7.02. The highest BCUT2D eigenvalue weighted by Gasteiger charge is 2.10. The number of hydrogen-bond acceptors (Lipinski definition) is 3. The zero-order chi connectivity index (χ0) is 14.5. The van der Waals surface area contributed by atoms with Crippen LogP contribution in [0.15, 0.2) is 34.9 Å². The van der Waals surface area contributed by atoms with Gasteiger partial charge in [0, 0.05) is 17.2 Å². The molecule has 106 valence electrons. The largest absolute Gasteiger partial charge is 0.434 e. The molecule has 0 saturated heterocycles. The lowest BCUT2D eigenvalue weighted by atomic mass is 10.3. The van der Waals surface area contributed by atoms with E-state index in [1.807, 2.05) is 6.92 Å². The predicted octanol–water partition coefficient (Wildman–Crippen LogP) is 4.54. The number of rotatable bonds is 5. The van der Waals surface area contributed by atoms with Crippen molar-refractivity contribution in [2.45, 2.75) is 13.5 Å². The van der Waals surface area contributed by atoms with Gasteiger partial charge >= 0.3 is 0 Å². The lowest BCUT2D eigenvalue weighted by Crippen LogP contribution is -2.11. The molecule has 0 unspecified atom stereocenters. The molecule has 2 aromatic rings. The molecule has 0 radical (unpaired) electrons. The number of ether oxygens (including phenoxy) is 1. The van der Waals surface area contributed by atoms with Crippen LogP contribution in [0.25, 0.3) is 0 Å². The van der Waals surface area contributed by atoms with Crippen molar-refractivity contribution < 1.29 is 9.13 Å². The van der Waals surface area contributed by atoms with Crippen LogP contribution in [0.2, 0.25) is 5.02 Å². The van der Waals surface area contributed by atoms with Gasteiger partial charge in [0.15, 0.2) is 11.6 Å². The minimum atomic E-state index is -0.470. The summed E-state index contributed by atoms with van der Waals surface area (Å²) in [6.07, 6.45) is 1.65. The van der Waals surface area contributed by atoms with E-state index >= 15 is 0 Å². The average molecular weight is 360 g/mol. The van der Waals surface area contributed by atoms with Crippen LogP contribution < -0.4 is 10.1 Å². The Morgan fingerprint density at radius 1 is 1.40 bits per heavy atom. The number of aromatic nitrogens is 1. The molecule has 0 aliphatic heterocycles. The molecule has 0 atom stereocenters. The van der Waals surface area contributed by atoms with Gasteiger partial charge in [-0.15, -0.1) is 0 Å². The number of pyridine rings is 1. The summed E-state index contributed by atoms with van der Waals surface area (Å²) in [5, 5.41) is 3.52. The standard InChI is InChI=1S/C14H13BrClFN2O/c1-2-18-7-9-5-11(16)14(19-8-9)20-13-6-10(15)3-4-12(13)17/h3-6,8,18H,2,7H2,1H3. The Bertz CT molecular complexity index is 610. The minimum Gasteiger partial charge on any atom is -0.434 e. The normalized spacial score (nSPS) is 10.6. The first-order chi connectivity index (χ1) is 9.60. The van der Waals surface area contributed by atoms with Gasteiger partial charge in [-0.25, -0.2) is 9.37 Å². The third-order valence-electron chi connectivity index (χ3n) is 2.54. The lowest BCUT2D eigenvalue weighted by molar-refractivity contribution is 0.427. The summed E-state index contributed by atoms with van der Waals surface area (Å²) in [7, 11) is 0. The number of nitrogens with one attached hydrogen (secondary N) is 1. The maximum Gasteiger partial charge on any atom is 0.238 e. The fraction of sp³-hybridized carbons (Fsp3) is 0.214. The Kier molecular flexibility index (Phi) is 5.34. The fourth-order valence-electron chi connectivity index (χ4n) is 1.57. The lowest BCUT2D eigenvalue weighted by Gasteiger charge is -2.09. The van der Waals surface area contributed by atoms with Gasteiger partial charge in [0.05, 0.1) is 0 Å². The van der Waals surface area contributed by atoms with E-state index < -0.39 is 5.82 Å². The average Bonchev–Trinajstić information content (AvgIpc) is 2.43. The summed E-state index contributed by atoms with van der Waals surface area (Å²) in [5.41, 5.74) is 0.943. The Morgan fingerprint density at radius 3 is 2.90 bits per heavy atom. The highest BCUT2D eigenvalue weighted by molar-refractivity contribution is 9.10. The molecule has 3 nitrogen and oxygen atoms in total. The van der Waals surface area contributed by atoms with Crippen LogP contribution in [0.5, 0.6) is 11.6 Å². The molecule has 1 aromatic carbocycles. The number of hydrogen-bond donors (Lipinski definition) is 1. The topological polar surface area (TPSA) is 34.2 Å². The van der Waals surface area contributed by atoms with Gasteiger partial charge in [0.2, 0.25) is 5.88 Å². The molecule has 0 amide bonds. The quantitative estimate of drug-likeness (QED) is 0.851. The number of nitrogens with zero attached hydrogens (tertiary/aromatic N) is 1. The highest BCUT2D eigenvalue weighted by Crippen LogP contribution is 2.31. The molecule has 2 rings (SSSR count). The van der Waals surface area contributed by atoms with E-state index in [9.17, 15) is 4.39 Å². The molecule has 1 aromatic heterocycles. The second-order valence-corrected chi connectivity index (χ2v) is 5.41. The number of halogens is 3. The van der Waals surface area contributed by atoms with Crippen LogP contribution in [-0.2, 0) is 6.54 Å². The van der Waals surface area contributed by atoms with E-state index in [2.05, 4.69) is 26.2 Å². The first kappa shape index (κ1) is 15.2. The van der Waals surface area contributed by atoms with Crippen molar-refractivity contribution in [3.05, 3.63) is 51.3 Å². The van der Waals surface area contributed by atoms with E-state index in [0.29, 0.717) is 16.0 Å². The predicted molar refractivity (Wildman–Crippen MR) is 80.8 cm³/mol. The summed E-state index contributed by atoms with van der Waals surface area (Å²) in [6, 6.07) is 6.19. The van der Waals surface area contributed by atoms with Crippen molar-refractivity contribution in [2.24, 2.45) is 0 Å². The van der Waals surface area contributed by atoms with Gasteiger partial charge in [-0.05, 0) is 36.4 Å². The highest BCUT2D eigenvalue weighted by atomic mass is 79.9. The fourth-order valence-corrected chi connectivity index (χ4v) is 2.13. The maximum atomic E-state index is 13.6. The number of benzene rings is 1. The molecule has 0 spiro atoms. The van der Waals surface area contributed by atoms with Gasteiger partial charge in [0.25, 0.3) is 0 Å². The van der Waals surface area contributed by atoms with Crippen LogP contribution in [0.4, 0.5) is 4.39 Å². The van der Waals surface area contributed by atoms with E-state index in [-0.39, 0.29) is 11.6 Å². The molecule has 0 aliphatic carbocycles. The summed E-state index contributed by atoms with van der Waals surface area (Å²) in [4.78, 5) is 4.12. The summed E-state index contributed by atoms with van der Waals surface area (Å²) in [5.74, 6) is -0.208. The van der Waals surface area contributed by atoms with E-state index in [1.54, 1.807) is 18.3 Å². The molecular weight excluding hydrogens is 347 g/mol. The monoisotopic (exact) mass is 358 g/mol. The van der Waals surface area contributed by atoms with Crippen LogP contribution in [-0.4, -0.2) is 11.5 Å². The van der Waals surface area contributed by atoms with E-state index in [4.69, 9.17) is 16.3 Å². The maximum absolute atomic E-state index is 13.6. The van der Waals surface area contributed by atoms with Crippen molar-refractivity contribution in [3.8, 4) is 11.6 Å². The Balaban J connectivity index is 2.19. The molecule has 0 bridgehead atoms. The Hall–Kier alpha value is -1.17. The zero-order valence-corrected chi connectivity index (χ0v) is 13.1. The molecule has 1 N–H and O–H groups in total. The van der Waals surface area contributed by atoms with E-state index in [0.717, 1.165) is 12.1 Å². The van der Waals surface area contributed by atoms with Crippen LogP contribution >= 0.6 is 27.5 Å². The van der Waals surface area contributed by atoms with Crippen LogP contribution in [0.3, 0.4) is 0 Å². The van der Waals surface area contributed by atoms with Crippen LogP contribution in [0.1, 0.15) is 12.5 Å². The Morgan fingerprint density at radius 2 is 2.20 bits per heavy atom.